The Hall–Kier alpha value is -1.95. The molecule has 0 spiro atoms. The van der Waals surface area contributed by atoms with E-state index in [-0.39, 0.29) is 30.5 Å². The molecular formula is C13H17ClFN3O2. The number of phenolic OH excluding ortho intramolecular Hbond substituents is 2. The van der Waals surface area contributed by atoms with Crippen LogP contribution in [0.2, 0.25) is 0 Å². The molecule has 0 fully saturated rings. The van der Waals surface area contributed by atoms with Crippen molar-refractivity contribution < 1.29 is 14.6 Å². The summed E-state index contributed by atoms with van der Waals surface area (Å²) in [5.74, 6) is 0.756. The molecule has 1 aromatic heterocycles. The number of hydrogen-bond acceptors (Lipinski definition) is 4. The molecule has 0 saturated carbocycles. The van der Waals surface area contributed by atoms with Gasteiger partial charge in [0.1, 0.15) is 24.0 Å². The Labute approximate surface area is 122 Å². The molecule has 0 atom stereocenters. The van der Waals surface area contributed by atoms with E-state index in [0.29, 0.717) is 12.1 Å². The van der Waals surface area contributed by atoms with Crippen molar-refractivity contribution >= 4 is 18.2 Å². The number of hydrogen-bond donors (Lipinski definition) is 3. The number of nitrogens with zero attached hydrogens (tertiary/aromatic N) is 2. The van der Waals surface area contributed by atoms with Crippen LogP contribution in [0.15, 0.2) is 24.4 Å². The van der Waals surface area contributed by atoms with Crippen molar-refractivity contribution in [1.82, 2.24) is 9.78 Å². The molecule has 0 saturated heterocycles. The number of aromatic nitrogens is 2. The molecule has 1 aromatic carbocycles. The summed E-state index contributed by atoms with van der Waals surface area (Å²) in [5.41, 5.74) is 1.55. The molecule has 0 amide bonds. The van der Waals surface area contributed by atoms with Crippen LogP contribution in [0.25, 0.3) is 0 Å². The minimum atomic E-state index is -0.486. The fourth-order valence-electron chi connectivity index (χ4n) is 1.84. The molecule has 0 radical (unpaired) electrons. The first-order valence-corrected chi connectivity index (χ1v) is 5.95. The molecule has 0 aliphatic rings. The maximum atomic E-state index is 12.4. The van der Waals surface area contributed by atoms with Gasteiger partial charge in [0.05, 0.1) is 12.7 Å². The van der Waals surface area contributed by atoms with Gasteiger partial charge in [0.15, 0.2) is 0 Å². The third-order valence-corrected chi connectivity index (χ3v) is 2.83. The lowest BCUT2D eigenvalue weighted by Crippen LogP contribution is -2.10. The molecule has 5 nitrogen and oxygen atoms in total. The van der Waals surface area contributed by atoms with Crippen LogP contribution >= 0.6 is 12.4 Å². The van der Waals surface area contributed by atoms with Gasteiger partial charge >= 0.3 is 0 Å². The number of aromatic hydroxyl groups is 2. The van der Waals surface area contributed by atoms with Crippen LogP contribution in [0.3, 0.4) is 0 Å². The van der Waals surface area contributed by atoms with Crippen LogP contribution in [0.5, 0.6) is 11.5 Å². The molecule has 1 heterocycles. The number of alkyl halides is 1. The standard InChI is InChI=1S/C13H16FN3O2.ClH/c1-9-7-16-17(5-4-14)13(9)15-8-10-2-3-11(18)6-12(10)19;/h2-3,6-7,15,18-19H,4-5,8H2,1H3;1H. The van der Waals surface area contributed by atoms with Gasteiger partial charge in [-0.3, -0.25) is 0 Å². The normalized spacial score (nSPS) is 10.1. The zero-order chi connectivity index (χ0) is 13.8. The molecule has 0 aliphatic carbocycles. The van der Waals surface area contributed by atoms with E-state index in [1.807, 2.05) is 6.92 Å². The van der Waals surface area contributed by atoms with Gasteiger partial charge in [0.25, 0.3) is 0 Å². The van der Waals surface area contributed by atoms with Gasteiger partial charge in [-0.2, -0.15) is 5.10 Å². The summed E-state index contributed by atoms with van der Waals surface area (Å²) in [5, 5.41) is 26.1. The third-order valence-electron chi connectivity index (χ3n) is 2.83. The largest absolute Gasteiger partial charge is 0.508 e. The average Bonchev–Trinajstić information content (AvgIpc) is 2.70. The first-order chi connectivity index (χ1) is 9.11. The molecule has 0 aliphatic heterocycles. The second kappa shape index (κ2) is 7.00. The van der Waals surface area contributed by atoms with Gasteiger partial charge < -0.3 is 15.5 Å². The van der Waals surface area contributed by atoms with Crippen LogP contribution in [0.1, 0.15) is 11.1 Å². The lowest BCUT2D eigenvalue weighted by Gasteiger charge is -2.11. The lowest BCUT2D eigenvalue weighted by atomic mass is 10.2. The van der Waals surface area contributed by atoms with E-state index in [1.165, 1.54) is 12.1 Å². The lowest BCUT2D eigenvalue weighted by molar-refractivity contribution is 0.428. The minimum absolute atomic E-state index is 0. The number of anilines is 1. The Bertz CT molecular complexity index is 575. The fraction of sp³-hybridized carbons (Fsp3) is 0.308. The highest BCUT2D eigenvalue weighted by Crippen LogP contribution is 2.24. The Kier molecular flexibility index (Phi) is 5.64. The van der Waals surface area contributed by atoms with Crippen molar-refractivity contribution in [2.24, 2.45) is 0 Å². The van der Waals surface area contributed by atoms with Crippen LogP contribution in [-0.2, 0) is 13.1 Å². The van der Waals surface area contributed by atoms with E-state index in [1.54, 1.807) is 16.9 Å². The Balaban J connectivity index is 0.00000200. The first-order valence-electron chi connectivity index (χ1n) is 5.95. The third kappa shape index (κ3) is 3.54. The SMILES string of the molecule is Cc1cnn(CCF)c1NCc1ccc(O)cc1O.Cl. The zero-order valence-electron chi connectivity index (χ0n) is 11.0. The summed E-state index contributed by atoms with van der Waals surface area (Å²) in [6.07, 6.45) is 1.66. The van der Waals surface area contributed by atoms with Crippen molar-refractivity contribution in [3.8, 4) is 11.5 Å². The zero-order valence-corrected chi connectivity index (χ0v) is 11.8. The maximum Gasteiger partial charge on any atom is 0.127 e. The molecule has 0 unspecified atom stereocenters. The highest BCUT2D eigenvalue weighted by molar-refractivity contribution is 5.85. The van der Waals surface area contributed by atoms with Crippen LogP contribution in [0.4, 0.5) is 10.2 Å². The summed E-state index contributed by atoms with van der Waals surface area (Å²) < 4.78 is 13.9. The summed E-state index contributed by atoms with van der Waals surface area (Å²) in [4.78, 5) is 0. The van der Waals surface area contributed by atoms with Crippen LogP contribution < -0.4 is 5.32 Å². The Morgan fingerprint density at radius 1 is 1.35 bits per heavy atom. The van der Waals surface area contributed by atoms with Gasteiger partial charge in [0.2, 0.25) is 0 Å². The minimum Gasteiger partial charge on any atom is -0.508 e. The van der Waals surface area contributed by atoms with Gasteiger partial charge in [-0.15, -0.1) is 12.4 Å². The van der Waals surface area contributed by atoms with Crippen molar-refractivity contribution in [3.63, 3.8) is 0 Å². The van der Waals surface area contributed by atoms with Crippen molar-refractivity contribution in [1.29, 1.82) is 0 Å². The Morgan fingerprint density at radius 2 is 2.10 bits per heavy atom. The van der Waals surface area contributed by atoms with Gasteiger partial charge in [-0.05, 0) is 19.1 Å². The smallest absolute Gasteiger partial charge is 0.127 e. The number of nitrogens with one attached hydrogen (secondary N) is 1. The van der Waals surface area contributed by atoms with Crippen molar-refractivity contribution in [2.75, 3.05) is 12.0 Å². The van der Waals surface area contributed by atoms with E-state index in [4.69, 9.17) is 0 Å². The topological polar surface area (TPSA) is 70.3 Å². The van der Waals surface area contributed by atoms with Crippen molar-refractivity contribution in [2.45, 2.75) is 20.0 Å². The van der Waals surface area contributed by atoms with E-state index in [9.17, 15) is 14.6 Å². The highest BCUT2D eigenvalue weighted by Gasteiger charge is 2.08. The van der Waals surface area contributed by atoms with E-state index in [2.05, 4.69) is 10.4 Å². The number of halogens is 2. The molecule has 20 heavy (non-hydrogen) atoms. The highest BCUT2D eigenvalue weighted by atomic mass is 35.5. The van der Waals surface area contributed by atoms with Crippen molar-refractivity contribution in [3.05, 3.63) is 35.5 Å². The number of phenols is 2. The molecular weight excluding hydrogens is 285 g/mol. The van der Waals surface area contributed by atoms with E-state index >= 15 is 0 Å². The first kappa shape index (κ1) is 16.1. The van der Waals surface area contributed by atoms with Crippen LogP contribution in [0, 0.1) is 6.92 Å². The summed E-state index contributed by atoms with van der Waals surface area (Å²) in [6.45, 7) is 1.95. The maximum absolute atomic E-state index is 12.4. The summed E-state index contributed by atoms with van der Waals surface area (Å²) in [6, 6.07) is 4.41. The predicted octanol–water partition coefficient (Wildman–Crippen LogP) is 2.61. The monoisotopic (exact) mass is 301 g/mol. The van der Waals surface area contributed by atoms with E-state index < -0.39 is 6.67 Å². The molecule has 0 bridgehead atoms. The number of aryl methyl sites for hydroxylation is 2. The second-order valence-corrected chi connectivity index (χ2v) is 4.25. The molecule has 2 rings (SSSR count). The number of rotatable bonds is 5. The Morgan fingerprint density at radius 3 is 2.75 bits per heavy atom. The fourth-order valence-corrected chi connectivity index (χ4v) is 1.84. The van der Waals surface area contributed by atoms with Gasteiger partial charge in [-0.1, -0.05) is 0 Å². The number of benzene rings is 1. The summed E-state index contributed by atoms with van der Waals surface area (Å²) >= 11 is 0. The second-order valence-electron chi connectivity index (χ2n) is 4.25. The average molecular weight is 302 g/mol. The molecule has 7 heteroatoms. The van der Waals surface area contributed by atoms with E-state index in [0.717, 1.165) is 11.4 Å². The molecule has 110 valence electrons. The molecule has 2 aromatic rings. The predicted molar refractivity (Wildman–Crippen MR) is 77.3 cm³/mol. The van der Waals surface area contributed by atoms with Crippen LogP contribution in [-0.4, -0.2) is 26.7 Å². The quantitative estimate of drug-likeness (QED) is 0.794. The molecule has 3 N–H and O–H groups in total. The van der Waals surface area contributed by atoms with Gasteiger partial charge in [-0.25, -0.2) is 9.07 Å². The summed E-state index contributed by atoms with van der Waals surface area (Å²) in [7, 11) is 0. The van der Waals surface area contributed by atoms with Gasteiger partial charge in [0, 0.05) is 23.7 Å².